The molecule has 0 radical (unpaired) electrons. The molecule has 3 rings (SSSR count). The molecule has 2 aromatic rings. The maximum atomic E-state index is 12.6. The molecule has 0 aliphatic carbocycles. The molecular formula is C20H23NO4. The van der Waals surface area contributed by atoms with E-state index in [0.717, 1.165) is 29.8 Å². The Kier molecular flexibility index (Phi) is 5.43. The Balaban J connectivity index is 1.73. The van der Waals surface area contributed by atoms with Crippen LogP contribution in [0.25, 0.3) is 0 Å². The van der Waals surface area contributed by atoms with Crippen molar-refractivity contribution in [2.45, 2.75) is 26.7 Å². The van der Waals surface area contributed by atoms with Crippen LogP contribution in [-0.4, -0.2) is 25.7 Å². The molecule has 0 unspecified atom stereocenters. The Morgan fingerprint density at radius 3 is 2.48 bits per heavy atom. The molecule has 5 nitrogen and oxygen atoms in total. The highest BCUT2D eigenvalue weighted by Gasteiger charge is 2.17. The Hall–Kier alpha value is -2.69. The van der Waals surface area contributed by atoms with Crippen LogP contribution in [0.1, 0.15) is 35.7 Å². The second-order valence-corrected chi connectivity index (χ2v) is 5.99. The molecule has 25 heavy (non-hydrogen) atoms. The van der Waals surface area contributed by atoms with Gasteiger partial charge >= 0.3 is 0 Å². The number of hydrogen-bond acceptors (Lipinski definition) is 4. The smallest absolute Gasteiger partial charge is 0.256 e. The zero-order valence-corrected chi connectivity index (χ0v) is 14.6. The van der Waals surface area contributed by atoms with Crippen molar-refractivity contribution in [2.24, 2.45) is 0 Å². The van der Waals surface area contributed by atoms with E-state index in [-0.39, 0.29) is 5.91 Å². The molecule has 1 N–H and O–H groups in total. The number of carbonyl (C=O) groups excluding carboxylic acids is 1. The van der Waals surface area contributed by atoms with Crippen LogP contribution in [0.4, 0.5) is 5.69 Å². The average molecular weight is 341 g/mol. The maximum Gasteiger partial charge on any atom is 0.256 e. The lowest BCUT2D eigenvalue weighted by molar-refractivity contribution is 0.102. The molecule has 0 saturated carbocycles. The number of amides is 1. The lowest BCUT2D eigenvalue weighted by Gasteiger charge is -2.13. The van der Waals surface area contributed by atoms with Crippen LogP contribution in [0.5, 0.6) is 17.2 Å². The summed E-state index contributed by atoms with van der Waals surface area (Å²) in [6, 6.07) is 11.0. The standard InChI is InChI=1S/C20H23NO4/c1-3-9-23-16-7-5-15(6-8-16)21-20(22)17-13-19-18(12-14(17)2)24-10-4-11-25-19/h5-8,12-13H,3-4,9-11H2,1-2H3,(H,21,22). The van der Waals surface area contributed by atoms with Gasteiger partial charge in [-0.1, -0.05) is 6.92 Å². The summed E-state index contributed by atoms with van der Waals surface area (Å²) >= 11 is 0. The van der Waals surface area contributed by atoms with Crippen molar-refractivity contribution in [1.82, 2.24) is 0 Å². The molecule has 0 bridgehead atoms. The zero-order valence-electron chi connectivity index (χ0n) is 14.6. The van der Waals surface area contributed by atoms with E-state index in [4.69, 9.17) is 14.2 Å². The number of hydrogen-bond donors (Lipinski definition) is 1. The minimum atomic E-state index is -0.171. The molecule has 5 heteroatoms. The Morgan fingerprint density at radius 2 is 1.80 bits per heavy atom. The van der Waals surface area contributed by atoms with E-state index in [0.29, 0.717) is 36.9 Å². The van der Waals surface area contributed by atoms with Gasteiger partial charge in [0.05, 0.1) is 19.8 Å². The first-order valence-corrected chi connectivity index (χ1v) is 8.62. The van der Waals surface area contributed by atoms with Crippen LogP contribution in [0, 0.1) is 6.92 Å². The molecule has 132 valence electrons. The van der Waals surface area contributed by atoms with Crippen molar-refractivity contribution in [3.05, 3.63) is 47.5 Å². The molecule has 0 fully saturated rings. The van der Waals surface area contributed by atoms with Gasteiger partial charge in [0.25, 0.3) is 5.91 Å². The summed E-state index contributed by atoms with van der Waals surface area (Å²) in [6.07, 6.45) is 1.80. The summed E-state index contributed by atoms with van der Waals surface area (Å²) in [4.78, 5) is 12.6. The third kappa shape index (κ3) is 4.24. The summed E-state index contributed by atoms with van der Waals surface area (Å²) in [6.45, 7) is 5.86. The average Bonchev–Trinajstić information content (AvgIpc) is 2.85. The molecule has 1 heterocycles. The minimum Gasteiger partial charge on any atom is -0.494 e. The second kappa shape index (κ2) is 7.92. The van der Waals surface area contributed by atoms with Crippen molar-refractivity contribution in [3.8, 4) is 17.2 Å². The van der Waals surface area contributed by atoms with Crippen LogP contribution >= 0.6 is 0 Å². The summed E-state index contributed by atoms with van der Waals surface area (Å²) in [5, 5.41) is 2.91. The van der Waals surface area contributed by atoms with E-state index >= 15 is 0 Å². The molecule has 0 atom stereocenters. The van der Waals surface area contributed by atoms with Crippen molar-refractivity contribution in [2.75, 3.05) is 25.1 Å². The summed E-state index contributed by atoms with van der Waals surface area (Å²) < 4.78 is 16.9. The molecule has 0 saturated heterocycles. The first-order valence-electron chi connectivity index (χ1n) is 8.62. The van der Waals surface area contributed by atoms with Gasteiger partial charge in [-0.25, -0.2) is 0 Å². The first-order chi connectivity index (χ1) is 12.2. The van der Waals surface area contributed by atoms with Gasteiger partial charge in [-0.3, -0.25) is 4.79 Å². The number of fused-ring (bicyclic) bond motifs is 1. The second-order valence-electron chi connectivity index (χ2n) is 5.99. The van der Waals surface area contributed by atoms with E-state index in [2.05, 4.69) is 12.2 Å². The van der Waals surface area contributed by atoms with E-state index in [9.17, 15) is 4.79 Å². The lowest BCUT2D eigenvalue weighted by Crippen LogP contribution is -2.13. The predicted molar refractivity (Wildman–Crippen MR) is 97.0 cm³/mol. The molecular weight excluding hydrogens is 318 g/mol. The fourth-order valence-corrected chi connectivity index (χ4v) is 2.61. The quantitative estimate of drug-likeness (QED) is 0.885. The number of nitrogens with one attached hydrogen (secondary N) is 1. The third-order valence-electron chi connectivity index (χ3n) is 3.92. The van der Waals surface area contributed by atoms with Gasteiger partial charge in [0, 0.05) is 17.7 Å². The zero-order chi connectivity index (χ0) is 17.6. The fourth-order valence-electron chi connectivity index (χ4n) is 2.61. The van der Waals surface area contributed by atoms with Gasteiger partial charge in [0.2, 0.25) is 0 Å². The monoisotopic (exact) mass is 341 g/mol. The van der Waals surface area contributed by atoms with Crippen LogP contribution in [0.2, 0.25) is 0 Å². The van der Waals surface area contributed by atoms with E-state index < -0.39 is 0 Å². The van der Waals surface area contributed by atoms with Crippen molar-refractivity contribution < 1.29 is 19.0 Å². The molecule has 0 spiro atoms. The van der Waals surface area contributed by atoms with Crippen molar-refractivity contribution >= 4 is 11.6 Å². The Bertz CT molecular complexity index is 740. The summed E-state index contributed by atoms with van der Waals surface area (Å²) in [5.41, 5.74) is 2.15. The number of aryl methyl sites for hydroxylation is 1. The number of carbonyl (C=O) groups is 1. The largest absolute Gasteiger partial charge is 0.494 e. The van der Waals surface area contributed by atoms with Gasteiger partial charge in [-0.15, -0.1) is 0 Å². The van der Waals surface area contributed by atoms with Crippen LogP contribution in [0.15, 0.2) is 36.4 Å². The molecule has 0 aromatic heterocycles. The van der Waals surface area contributed by atoms with E-state index in [1.165, 1.54) is 0 Å². The highest BCUT2D eigenvalue weighted by molar-refractivity contribution is 6.05. The van der Waals surface area contributed by atoms with Gasteiger partial charge in [-0.05, 0) is 55.3 Å². The van der Waals surface area contributed by atoms with Crippen LogP contribution in [-0.2, 0) is 0 Å². The van der Waals surface area contributed by atoms with Crippen LogP contribution in [0.3, 0.4) is 0 Å². The Morgan fingerprint density at radius 1 is 1.12 bits per heavy atom. The maximum absolute atomic E-state index is 12.6. The van der Waals surface area contributed by atoms with Crippen molar-refractivity contribution in [3.63, 3.8) is 0 Å². The van der Waals surface area contributed by atoms with E-state index in [1.54, 1.807) is 6.07 Å². The Labute approximate surface area is 147 Å². The number of benzene rings is 2. The van der Waals surface area contributed by atoms with Gasteiger partial charge < -0.3 is 19.5 Å². The predicted octanol–water partition coefficient (Wildman–Crippen LogP) is 4.20. The third-order valence-corrected chi connectivity index (χ3v) is 3.92. The highest BCUT2D eigenvalue weighted by Crippen LogP contribution is 2.33. The number of rotatable bonds is 5. The summed E-state index contributed by atoms with van der Waals surface area (Å²) in [5.74, 6) is 1.95. The lowest BCUT2D eigenvalue weighted by atomic mass is 10.1. The van der Waals surface area contributed by atoms with Crippen molar-refractivity contribution in [1.29, 1.82) is 0 Å². The normalized spacial score (nSPS) is 13.0. The SMILES string of the molecule is CCCOc1ccc(NC(=O)c2cc3c(cc2C)OCCCO3)cc1. The summed E-state index contributed by atoms with van der Waals surface area (Å²) in [7, 11) is 0. The molecule has 1 amide bonds. The van der Waals surface area contributed by atoms with Gasteiger partial charge in [0.15, 0.2) is 11.5 Å². The molecule has 1 aliphatic rings. The fraction of sp³-hybridized carbons (Fsp3) is 0.350. The highest BCUT2D eigenvalue weighted by atomic mass is 16.5. The minimum absolute atomic E-state index is 0.171. The number of ether oxygens (including phenoxy) is 3. The van der Waals surface area contributed by atoms with Gasteiger partial charge in [-0.2, -0.15) is 0 Å². The molecule has 1 aliphatic heterocycles. The first kappa shape index (κ1) is 17.1. The van der Waals surface area contributed by atoms with Crippen LogP contribution < -0.4 is 19.5 Å². The van der Waals surface area contributed by atoms with E-state index in [1.807, 2.05) is 37.3 Å². The van der Waals surface area contributed by atoms with Gasteiger partial charge in [0.1, 0.15) is 5.75 Å². The molecule has 2 aromatic carbocycles. The topological polar surface area (TPSA) is 56.8 Å². The number of anilines is 1.